The van der Waals surface area contributed by atoms with E-state index in [1.165, 1.54) is 12.1 Å². The first kappa shape index (κ1) is 15.3. The number of aldehydes is 1. The fraction of sp³-hybridized carbons (Fsp3) is 0.0455. The summed E-state index contributed by atoms with van der Waals surface area (Å²) in [5.41, 5.74) is 4.18. The van der Waals surface area contributed by atoms with Crippen molar-refractivity contribution in [2.45, 2.75) is 6.54 Å². The first-order valence-corrected chi connectivity index (χ1v) is 8.14. The van der Waals surface area contributed by atoms with E-state index in [0.29, 0.717) is 12.1 Å². The molecule has 3 heteroatoms. The first-order valence-electron chi connectivity index (χ1n) is 8.14. The summed E-state index contributed by atoms with van der Waals surface area (Å²) in [4.78, 5) is 11.9. The number of nitrogens with zero attached hydrogens (tertiary/aromatic N) is 1. The highest BCUT2D eigenvalue weighted by Gasteiger charge is 2.18. The lowest BCUT2D eigenvalue weighted by Gasteiger charge is -2.12. The Hall–Kier alpha value is -3.20. The van der Waals surface area contributed by atoms with Crippen molar-refractivity contribution in [2.24, 2.45) is 0 Å². The summed E-state index contributed by atoms with van der Waals surface area (Å²) in [7, 11) is 0. The molecule has 122 valence electrons. The second-order valence-corrected chi connectivity index (χ2v) is 5.98. The lowest BCUT2D eigenvalue weighted by molar-refractivity contribution is 0.112. The molecule has 0 aliphatic rings. The minimum Gasteiger partial charge on any atom is -0.335 e. The average Bonchev–Trinajstić information content (AvgIpc) is 2.96. The topological polar surface area (TPSA) is 22.0 Å². The number of fused-ring (bicyclic) bond motifs is 1. The Morgan fingerprint density at radius 1 is 0.880 bits per heavy atom. The Balaban J connectivity index is 2.03. The van der Waals surface area contributed by atoms with E-state index >= 15 is 0 Å². The van der Waals surface area contributed by atoms with Crippen LogP contribution in [0.15, 0.2) is 78.9 Å². The van der Waals surface area contributed by atoms with Crippen molar-refractivity contribution < 1.29 is 9.18 Å². The van der Waals surface area contributed by atoms with Crippen molar-refractivity contribution >= 4 is 17.2 Å². The Morgan fingerprint density at radius 3 is 2.24 bits per heavy atom. The van der Waals surface area contributed by atoms with E-state index in [9.17, 15) is 9.18 Å². The SMILES string of the molecule is O=Cc1c(-c2ccccc2)n(Cc2ccccc2)c2cc(F)ccc12. The fourth-order valence-corrected chi connectivity index (χ4v) is 3.31. The summed E-state index contributed by atoms with van der Waals surface area (Å²) >= 11 is 0. The molecule has 0 aliphatic carbocycles. The van der Waals surface area contributed by atoms with Crippen LogP contribution in [0.25, 0.3) is 22.2 Å². The van der Waals surface area contributed by atoms with E-state index in [1.807, 2.05) is 65.2 Å². The maximum atomic E-state index is 13.9. The third kappa shape index (κ3) is 2.74. The third-order valence-corrected chi connectivity index (χ3v) is 4.41. The van der Waals surface area contributed by atoms with Crippen molar-refractivity contribution in [3.8, 4) is 11.3 Å². The van der Waals surface area contributed by atoms with Crippen LogP contribution in [-0.2, 0) is 6.54 Å². The van der Waals surface area contributed by atoms with E-state index < -0.39 is 0 Å². The van der Waals surface area contributed by atoms with Crippen LogP contribution in [0.3, 0.4) is 0 Å². The predicted octanol–water partition coefficient (Wildman–Crippen LogP) is 5.31. The fourth-order valence-electron chi connectivity index (χ4n) is 3.31. The average molecular weight is 329 g/mol. The van der Waals surface area contributed by atoms with Gasteiger partial charge in [-0.1, -0.05) is 60.7 Å². The van der Waals surface area contributed by atoms with E-state index in [-0.39, 0.29) is 5.82 Å². The number of carbonyl (C=O) groups excluding carboxylic acids is 1. The van der Waals surface area contributed by atoms with Gasteiger partial charge in [0.2, 0.25) is 0 Å². The quantitative estimate of drug-likeness (QED) is 0.465. The monoisotopic (exact) mass is 329 g/mol. The maximum Gasteiger partial charge on any atom is 0.152 e. The molecule has 0 amide bonds. The van der Waals surface area contributed by atoms with Gasteiger partial charge in [-0.15, -0.1) is 0 Å². The Morgan fingerprint density at radius 2 is 1.56 bits per heavy atom. The molecule has 1 heterocycles. The summed E-state index contributed by atoms with van der Waals surface area (Å²) in [6, 6.07) is 24.3. The zero-order valence-electron chi connectivity index (χ0n) is 13.5. The van der Waals surface area contributed by atoms with Crippen LogP contribution < -0.4 is 0 Å². The standard InChI is InChI=1S/C22H16FNO/c23-18-11-12-19-20(15-25)22(17-9-5-2-6-10-17)24(21(19)13-18)14-16-7-3-1-4-8-16/h1-13,15H,14H2. The normalized spacial score (nSPS) is 10.9. The molecule has 0 spiro atoms. The van der Waals surface area contributed by atoms with E-state index in [4.69, 9.17) is 0 Å². The molecule has 25 heavy (non-hydrogen) atoms. The molecule has 2 nitrogen and oxygen atoms in total. The predicted molar refractivity (Wildman–Crippen MR) is 98.3 cm³/mol. The highest BCUT2D eigenvalue weighted by atomic mass is 19.1. The van der Waals surface area contributed by atoms with E-state index in [1.54, 1.807) is 6.07 Å². The van der Waals surface area contributed by atoms with Gasteiger partial charge in [0.15, 0.2) is 6.29 Å². The molecule has 4 aromatic rings. The molecule has 0 saturated carbocycles. The van der Waals surface area contributed by atoms with Crippen molar-refractivity contribution in [1.82, 2.24) is 4.57 Å². The van der Waals surface area contributed by atoms with Crippen LogP contribution >= 0.6 is 0 Å². The number of benzene rings is 3. The molecule has 0 atom stereocenters. The minimum atomic E-state index is -0.309. The van der Waals surface area contributed by atoms with Crippen LogP contribution in [-0.4, -0.2) is 10.9 Å². The molecule has 0 N–H and O–H groups in total. The molecule has 3 aromatic carbocycles. The molecule has 0 saturated heterocycles. The van der Waals surface area contributed by atoms with Gasteiger partial charge in [-0.2, -0.15) is 0 Å². The molecular weight excluding hydrogens is 313 g/mol. The van der Waals surface area contributed by atoms with Crippen molar-refractivity contribution in [1.29, 1.82) is 0 Å². The Labute approximate surface area is 145 Å². The Bertz CT molecular complexity index is 1040. The molecular formula is C22H16FNO. The van der Waals surface area contributed by atoms with Crippen LogP contribution in [0.2, 0.25) is 0 Å². The van der Waals surface area contributed by atoms with E-state index in [0.717, 1.165) is 34.0 Å². The van der Waals surface area contributed by atoms with Gasteiger partial charge >= 0.3 is 0 Å². The number of carbonyl (C=O) groups is 1. The summed E-state index contributed by atoms with van der Waals surface area (Å²) in [5.74, 6) is -0.309. The highest BCUT2D eigenvalue weighted by Crippen LogP contribution is 2.34. The summed E-state index contributed by atoms with van der Waals surface area (Å²) in [6.45, 7) is 0.568. The minimum absolute atomic E-state index is 0.309. The summed E-state index contributed by atoms with van der Waals surface area (Å²) in [6.07, 6.45) is 0.865. The first-order chi connectivity index (χ1) is 12.3. The van der Waals surface area contributed by atoms with Gasteiger partial charge in [-0.05, 0) is 29.3 Å². The van der Waals surface area contributed by atoms with Gasteiger partial charge in [0.1, 0.15) is 5.82 Å². The van der Waals surface area contributed by atoms with Crippen LogP contribution in [0, 0.1) is 5.82 Å². The van der Waals surface area contributed by atoms with Crippen LogP contribution in [0.5, 0.6) is 0 Å². The second-order valence-electron chi connectivity index (χ2n) is 5.98. The second kappa shape index (κ2) is 6.36. The summed E-state index contributed by atoms with van der Waals surface area (Å²) < 4.78 is 15.9. The van der Waals surface area contributed by atoms with Gasteiger partial charge in [-0.25, -0.2) is 4.39 Å². The number of hydrogen-bond donors (Lipinski definition) is 0. The highest BCUT2D eigenvalue weighted by molar-refractivity contribution is 6.05. The Kier molecular flexibility index (Phi) is 3.90. The number of aromatic nitrogens is 1. The number of hydrogen-bond acceptors (Lipinski definition) is 1. The number of rotatable bonds is 4. The number of halogens is 1. The smallest absolute Gasteiger partial charge is 0.152 e. The third-order valence-electron chi connectivity index (χ3n) is 4.41. The lowest BCUT2D eigenvalue weighted by atomic mass is 10.1. The van der Waals surface area contributed by atoms with Crippen LogP contribution in [0.1, 0.15) is 15.9 Å². The molecule has 4 rings (SSSR count). The largest absolute Gasteiger partial charge is 0.335 e. The molecule has 0 radical (unpaired) electrons. The van der Waals surface area contributed by atoms with Crippen molar-refractivity contribution in [2.75, 3.05) is 0 Å². The van der Waals surface area contributed by atoms with Crippen molar-refractivity contribution in [3.63, 3.8) is 0 Å². The van der Waals surface area contributed by atoms with Gasteiger partial charge < -0.3 is 4.57 Å². The molecule has 0 bridgehead atoms. The summed E-state index contributed by atoms with van der Waals surface area (Å²) in [5, 5.41) is 0.770. The van der Waals surface area contributed by atoms with Crippen molar-refractivity contribution in [3.05, 3.63) is 95.8 Å². The molecule has 0 aliphatic heterocycles. The van der Waals surface area contributed by atoms with Gasteiger partial charge in [-0.3, -0.25) is 4.79 Å². The van der Waals surface area contributed by atoms with Crippen LogP contribution in [0.4, 0.5) is 4.39 Å². The molecule has 0 fully saturated rings. The maximum absolute atomic E-state index is 13.9. The van der Waals surface area contributed by atoms with Gasteiger partial charge in [0.05, 0.1) is 11.2 Å². The molecule has 1 aromatic heterocycles. The zero-order valence-corrected chi connectivity index (χ0v) is 13.5. The zero-order chi connectivity index (χ0) is 17.2. The lowest BCUT2D eigenvalue weighted by Crippen LogP contribution is -2.02. The molecule has 0 unspecified atom stereocenters. The van der Waals surface area contributed by atoms with Gasteiger partial charge in [0.25, 0.3) is 0 Å². The van der Waals surface area contributed by atoms with Gasteiger partial charge in [0, 0.05) is 17.5 Å². The van der Waals surface area contributed by atoms with E-state index in [2.05, 4.69) is 0 Å².